The summed E-state index contributed by atoms with van der Waals surface area (Å²) in [6, 6.07) is 0. The van der Waals surface area contributed by atoms with E-state index in [2.05, 4.69) is 14.8 Å². The molecule has 2 rings (SSSR count). The predicted molar refractivity (Wildman–Crippen MR) is 39.3 cm³/mol. The van der Waals surface area contributed by atoms with Crippen molar-refractivity contribution in [2.45, 2.75) is 5.41 Å². The highest BCUT2D eigenvalue weighted by Crippen LogP contribution is 2.30. The third-order valence-corrected chi connectivity index (χ3v) is 2.74. The molecule has 1 aromatic rings. The number of hydrogen-bond donors (Lipinski definition) is 1. The highest BCUT2D eigenvalue weighted by molar-refractivity contribution is 7.05. The summed E-state index contributed by atoms with van der Waals surface area (Å²) in [7, 11) is 0. The standard InChI is InChI=1S/C5H8N4OS/c6-1-5(2-10-3-5)4-7-8-9-11-4/h1-3,6H2. The maximum absolute atomic E-state index is 5.59. The molecular weight excluding hydrogens is 164 g/mol. The second-order valence-corrected chi connectivity index (χ2v) is 3.38. The van der Waals surface area contributed by atoms with E-state index in [1.165, 1.54) is 11.5 Å². The molecule has 60 valence electrons. The van der Waals surface area contributed by atoms with Crippen LogP contribution in [0.3, 0.4) is 0 Å². The van der Waals surface area contributed by atoms with Gasteiger partial charge in [0.15, 0.2) is 0 Å². The van der Waals surface area contributed by atoms with Gasteiger partial charge in [0.25, 0.3) is 0 Å². The van der Waals surface area contributed by atoms with Crippen LogP contribution in [-0.4, -0.2) is 34.6 Å². The zero-order chi connectivity index (χ0) is 7.73. The summed E-state index contributed by atoms with van der Waals surface area (Å²) in [5.74, 6) is 0. The van der Waals surface area contributed by atoms with E-state index in [4.69, 9.17) is 10.5 Å². The summed E-state index contributed by atoms with van der Waals surface area (Å²) in [4.78, 5) is 0. The van der Waals surface area contributed by atoms with Crippen molar-refractivity contribution in [1.82, 2.24) is 14.8 Å². The lowest BCUT2D eigenvalue weighted by molar-refractivity contribution is -0.0553. The minimum Gasteiger partial charge on any atom is -0.379 e. The van der Waals surface area contributed by atoms with Gasteiger partial charge in [-0.25, -0.2) is 0 Å². The SMILES string of the molecule is NCC1(c2nnns2)COC1. The van der Waals surface area contributed by atoms with Crippen LogP contribution in [0.5, 0.6) is 0 Å². The van der Waals surface area contributed by atoms with Crippen molar-refractivity contribution in [1.29, 1.82) is 0 Å². The number of nitrogens with two attached hydrogens (primary N) is 1. The van der Waals surface area contributed by atoms with Gasteiger partial charge in [-0.05, 0) is 5.21 Å². The second kappa shape index (κ2) is 2.47. The fourth-order valence-electron chi connectivity index (χ4n) is 1.01. The average molecular weight is 172 g/mol. The van der Waals surface area contributed by atoms with Crippen LogP contribution in [-0.2, 0) is 10.2 Å². The van der Waals surface area contributed by atoms with Gasteiger partial charge >= 0.3 is 0 Å². The molecule has 0 aromatic carbocycles. The van der Waals surface area contributed by atoms with E-state index in [1.807, 2.05) is 0 Å². The Balaban J connectivity index is 2.25. The quantitative estimate of drug-likeness (QED) is 0.629. The molecule has 1 aromatic heterocycles. The Morgan fingerprint density at radius 2 is 2.45 bits per heavy atom. The van der Waals surface area contributed by atoms with Crippen molar-refractivity contribution >= 4 is 11.5 Å². The summed E-state index contributed by atoms with van der Waals surface area (Å²) in [5.41, 5.74) is 5.52. The largest absolute Gasteiger partial charge is 0.379 e. The van der Waals surface area contributed by atoms with Gasteiger partial charge in [-0.3, -0.25) is 0 Å². The van der Waals surface area contributed by atoms with E-state index in [9.17, 15) is 0 Å². The number of aromatic nitrogens is 3. The summed E-state index contributed by atoms with van der Waals surface area (Å²) in [6.07, 6.45) is 0. The minimum absolute atomic E-state index is 0.0752. The highest BCUT2D eigenvalue weighted by atomic mass is 32.1. The van der Waals surface area contributed by atoms with Gasteiger partial charge in [0.1, 0.15) is 5.01 Å². The Kier molecular flexibility index (Phi) is 1.59. The van der Waals surface area contributed by atoms with Gasteiger partial charge in [-0.2, -0.15) is 0 Å². The third kappa shape index (κ3) is 0.943. The van der Waals surface area contributed by atoms with Crippen LogP contribution in [0.15, 0.2) is 0 Å². The molecule has 1 aliphatic rings. The Morgan fingerprint density at radius 1 is 1.64 bits per heavy atom. The Bertz CT molecular complexity index is 227. The van der Waals surface area contributed by atoms with Crippen molar-refractivity contribution in [3.8, 4) is 0 Å². The van der Waals surface area contributed by atoms with E-state index < -0.39 is 0 Å². The zero-order valence-electron chi connectivity index (χ0n) is 5.86. The molecule has 1 saturated heterocycles. The van der Waals surface area contributed by atoms with Crippen LogP contribution in [0.2, 0.25) is 0 Å². The van der Waals surface area contributed by atoms with Crippen LogP contribution < -0.4 is 5.73 Å². The maximum atomic E-state index is 5.59. The summed E-state index contributed by atoms with van der Waals surface area (Å²) >= 11 is 1.30. The molecule has 0 aliphatic carbocycles. The number of rotatable bonds is 2. The monoisotopic (exact) mass is 172 g/mol. The van der Waals surface area contributed by atoms with Gasteiger partial charge < -0.3 is 10.5 Å². The highest BCUT2D eigenvalue weighted by Gasteiger charge is 2.42. The molecule has 0 bridgehead atoms. The molecule has 0 saturated carbocycles. The molecule has 0 spiro atoms. The van der Waals surface area contributed by atoms with Gasteiger partial charge in [0.05, 0.1) is 18.6 Å². The number of hydrogen-bond acceptors (Lipinski definition) is 6. The molecular formula is C5H8N4OS. The van der Waals surface area contributed by atoms with Gasteiger partial charge in [0, 0.05) is 18.1 Å². The van der Waals surface area contributed by atoms with Crippen molar-refractivity contribution in [3.05, 3.63) is 5.01 Å². The molecule has 0 radical (unpaired) electrons. The molecule has 11 heavy (non-hydrogen) atoms. The number of nitrogens with zero attached hydrogens (tertiary/aromatic N) is 3. The van der Waals surface area contributed by atoms with Crippen molar-refractivity contribution in [3.63, 3.8) is 0 Å². The molecule has 6 heteroatoms. The first-order valence-corrected chi connectivity index (χ1v) is 4.08. The second-order valence-electron chi connectivity index (χ2n) is 2.64. The fraction of sp³-hybridized carbons (Fsp3) is 0.800. The van der Waals surface area contributed by atoms with Crippen LogP contribution in [0.25, 0.3) is 0 Å². The van der Waals surface area contributed by atoms with Gasteiger partial charge in [-0.1, -0.05) is 4.49 Å². The van der Waals surface area contributed by atoms with E-state index in [0.29, 0.717) is 19.8 Å². The molecule has 1 aliphatic heterocycles. The molecule has 2 N–H and O–H groups in total. The maximum Gasteiger partial charge on any atom is 0.150 e. The Morgan fingerprint density at radius 3 is 2.82 bits per heavy atom. The fourth-order valence-corrected chi connectivity index (χ4v) is 1.63. The summed E-state index contributed by atoms with van der Waals surface area (Å²) in [5, 5.41) is 8.30. The number of ether oxygens (including phenoxy) is 1. The topological polar surface area (TPSA) is 73.9 Å². The first kappa shape index (κ1) is 7.08. The first-order chi connectivity index (χ1) is 5.37. The normalized spacial score (nSPS) is 21.2. The lowest BCUT2D eigenvalue weighted by Gasteiger charge is -2.37. The first-order valence-electron chi connectivity index (χ1n) is 3.31. The van der Waals surface area contributed by atoms with E-state index >= 15 is 0 Å². The smallest absolute Gasteiger partial charge is 0.150 e. The van der Waals surface area contributed by atoms with Crippen LogP contribution in [0.4, 0.5) is 0 Å². The van der Waals surface area contributed by atoms with Crippen molar-refractivity contribution in [2.24, 2.45) is 5.73 Å². The summed E-state index contributed by atoms with van der Waals surface area (Å²) < 4.78 is 8.77. The molecule has 2 heterocycles. The van der Waals surface area contributed by atoms with E-state index in [1.54, 1.807) is 0 Å². The van der Waals surface area contributed by atoms with Crippen LogP contribution in [0.1, 0.15) is 5.01 Å². The molecule has 5 nitrogen and oxygen atoms in total. The van der Waals surface area contributed by atoms with Crippen LogP contribution >= 0.6 is 11.5 Å². The third-order valence-electron chi connectivity index (χ3n) is 1.90. The predicted octanol–water partition coefficient (Wildman–Crippen LogP) is -0.840. The van der Waals surface area contributed by atoms with E-state index in [0.717, 1.165) is 5.01 Å². The average Bonchev–Trinajstić information content (AvgIpc) is 2.39. The lowest BCUT2D eigenvalue weighted by atomic mass is 9.87. The Labute approximate surface area is 67.7 Å². The van der Waals surface area contributed by atoms with Gasteiger partial charge in [0.2, 0.25) is 0 Å². The Hall–Kier alpha value is -0.590. The lowest BCUT2D eigenvalue weighted by Crippen LogP contribution is -2.52. The summed E-state index contributed by atoms with van der Waals surface area (Å²) in [6.45, 7) is 1.87. The zero-order valence-corrected chi connectivity index (χ0v) is 6.67. The van der Waals surface area contributed by atoms with Gasteiger partial charge in [-0.15, -0.1) is 5.10 Å². The van der Waals surface area contributed by atoms with Crippen LogP contribution in [0, 0.1) is 0 Å². The molecule has 1 fully saturated rings. The van der Waals surface area contributed by atoms with Crippen molar-refractivity contribution in [2.75, 3.05) is 19.8 Å². The minimum atomic E-state index is -0.0752. The molecule has 0 unspecified atom stereocenters. The molecule has 0 amide bonds. The van der Waals surface area contributed by atoms with Crippen molar-refractivity contribution < 1.29 is 4.74 Å². The van der Waals surface area contributed by atoms with E-state index in [-0.39, 0.29) is 5.41 Å². The molecule has 0 atom stereocenters.